The minimum absolute atomic E-state index is 0.0271. The van der Waals surface area contributed by atoms with Crippen molar-refractivity contribution in [1.82, 2.24) is 4.90 Å². The summed E-state index contributed by atoms with van der Waals surface area (Å²) in [5.74, 6) is -2.45. The molecule has 3 amide bonds. The molecule has 3 fully saturated rings. The van der Waals surface area contributed by atoms with E-state index in [1.807, 2.05) is 69.3 Å². The van der Waals surface area contributed by atoms with Gasteiger partial charge in [-0.1, -0.05) is 49.4 Å². The summed E-state index contributed by atoms with van der Waals surface area (Å²) in [6.45, 7) is 13.8. The number of amides is 3. The predicted octanol–water partition coefficient (Wildman–Crippen LogP) is 4.19. The molecular formula is C34H41N3O5. The Balaban J connectivity index is 1.62. The third-order valence-electron chi connectivity index (χ3n) is 9.40. The van der Waals surface area contributed by atoms with E-state index >= 15 is 0 Å². The Bertz CT molecular complexity index is 1390. The van der Waals surface area contributed by atoms with Gasteiger partial charge in [0.1, 0.15) is 11.6 Å². The Morgan fingerprint density at radius 1 is 1.05 bits per heavy atom. The fourth-order valence-electron chi connectivity index (χ4n) is 7.54. The second-order valence-electron chi connectivity index (χ2n) is 11.7. The van der Waals surface area contributed by atoms with E-state index in [1.54, 1.807) is 22.0 Å². The second kappa shape index (κ2) is 11.5. The average Bonchev–Trinajstić information content (AvgIpc) is 3.59. The zero-order valence-corrected chi connectivity index (χ0v) is 24.8. The molecule has 0 aliphatic carbocycles. The van der Waals surface area contributed by atoms with Crippen LogP contribution in [0.4, 0.5) is 11.4 Å². The summed E-state index contributed by atoms with van der Waals surface area (Å²) in [4.78, 5) is 48.4. The molecule has 3 aliphatic heterocycles. The van der Waals surface area contributed by atoms with Crippen molar-refractivity contribution in [3.63, 3.8) is 0 Å². The van der Waals surface area contributed by atoms with E-state index in [4.69, 9.17) is 4.74 Å². The number of β-amino-alcohol motifs (C(OH)–C–C–N with tert-alkyl or cyclic N) is 1. The van der Waals surface area contributed by atoms with Gasteiger partial charge in [0.25, 0.3) is 5.91 Å². The molecule has 3 saturated heterocycles. The van der Waals surface area contributed by atoms with E-state index in [2.05, 4.69) is 13.2 Å². The number of carbonyl (C=O) groups is 3. The molecule has 1 N–H and O–H groups in total. The van der Waals surface area contributed by atoms with Crippen LogP contribution < -0.4 is 9.80 Å². The van der Waals surface area contributed by atoms with Gasteiger partial charge in [-0.15, -0.1) is 13.2 Å². The number of nitrogens with zero attached hydrogens (tertiary/aromatic N) is 3. The van der Waals surface area contributed by atoms with Crippen molar-refractivity contribution in [3.8, 4) is 0 Å². The van der Waals surface area contributed by atoms with Crippen molar-refractivity contribution in [2.75, 3.05) is 36.0 Å². The second-order valence-corrected chi connectivity index (χ2v) is 11.7. The molecule has 2 aromatic rings. The largest absolute Gasteiger partial charge is 0.395 e. The van der Waals surface area contributed by atoms with E-state index < -0.39 is 29.1 Å². The van der Waals surface area contributed by atoms with Gasteiger partial charge in [-0.2, -0.15) is 0 Å². The zero-order chi connectivity index (χ0) is 30.2. The smallest absolute Gasteiger partial charge is 0.253 e. The van der Waals surface area contributed by atoms with E-state index in [1.165, 1.54) is 4.90 Å². The molecule has 5 atom stereocenters. The van der Waals surface area contributed by atoms with Gasteiger partial charge in [0.2, 0.25) is 11.8 Å². The van der Waals surface area contributed by atoms with Crippen LogP contribution in [0.25, 0.3) is 0 Å². The Morgan fingerprint density at radius 2 is 1.74 bits per heavy atom. The molecule has 0 radical (unpaired) electrons. The number of aryl methyl sites for hydroxylation is 2. The third kappa shape index (κ3) is 4.48. The fourth-order valence-corrected chi connectivity index (χ4v) is 7.54. The first-order chi connectivity index (χ1) is 20.2. The summed E-state index contributed by atoms with van der Waals surface area (Å²) in [7, 11) is 0. The maximum absolute atomic E-state index is 14.7. The fraction of sp³-hybridized carbons (Fsp3) is 0.441. The Hall–Kier alpha value is -3.75. The van der Waals surface area contributed by atoms with Gasteiger partial charge in [0.05, 0.1) is 24.0 Å². The molecule has 5 rings (SSSR count). The summed E-state index contributed by atoms with van der Waals surface area (Å²) in [5, 5.41) is 10.0. The van der Waals surface area contributed by atoms with Gasteiger partial charge in [-0.25, -0.2) is 0 Å². The quantitative estimate of drug-likeness (QED) is 0.409. The maximum Gasteiger partial charge on any atom is 0.253 e. The van der Waals surface area contributed by atoms with Gasteiger partial charge < -0.3 is 24.5 Å². The van der Waals surface area contributed by atoms with E-state index in [-0.39, 0.29) is 44.0 Å². The number of aliphatic hydroxyl groups is 1. The molecular weight excluding hydrogens is 530 g/mol. The molecule has 222 valence electrons. The summed E-state index contributed by atoms with van der Waals surface area (Å²) in [6.07, 6.45) is 4.90. The molecule has 42 heavy (non-hydrogen) atoms. The number of likely N-dealkylation sites (tertiary alicyclic amines) is 1. The summed E-state index contributed by atoms with van der Waals surface area (Å²) >= 11 is 0. The predicted molar refractivity (Wildman–Crippen MR) is 163 cm³/mol. The van der Waals surface area contributed by atoms with Crippen molar-refractivity contribution in [2.45, 2.75) is 57.3 Å². The average molecular weight is 572 g/mol. The lowest BCUT2D eigenvalue weighted by molar-refractivity contribution is -0.146. The van der Waals surface area contributed by atoms with Crippen LogP contribution in [-0.4, -0.2) is 71.2 Å². The van der Waals surface area contributed by atoms with Crippen LogP contribution in [0.15, 0.2) is 73.8 Å². The van der Waals surface area contributed by atoms with Crippen LogP contribution in [0.1, 0.15) is 37.3 Å². The first kappa shape index (κ1) is 29.7. The number of carbonyl (C=O) groups excluding carboxylic acids is 3. The summed E-state index contributed by atoms with van der Waals surface area (Å²) in [6, 6.07) is 14.3. The van der Waals surface area contributed by atoms with Crippen molar-refractivity contribution >= 4 is 29.1 Å². The number of ether oxygens (including phenoxy) is 1. The topological polar surface area (TPSA) is 90.4 Å². The van der Waals surface area contributed by atoms with Crippen LogP contribution in [-0.2, 0) is 19.1 Å². The standard InChI is InChI=1S/C34H41N3O5/c1-6-18-35(25-12-10-9-11-13-25)30(39)27-28-31(40)37(20-21-38)29(34(28)17-16-33(27,8-3)42-34)32(41)36(19-7-2)26-22-23(4)14-15-24(26)5/h6-7,9-15,22,27-29,38H,1-2,8,16-21H2,3-5H3/t27-,28+,29?,33+,34?/m1/s1. The monoisotopic (exact) mass is 571 g/mol. The lowest BCUT2D eigenvalue weighted by Crippen LogP contribution is -2.57. The number of hydrogen-bond acceptors (Lipinski definition) is 5. The number of fused-ring (bicyclic) bond motifs is 1. The maximum atomic E-state index is 14.7. The Kier molecular flexibility index (Phi) is 8.14. The first-order valence-corrected chi connectivity index (χ1v) is 14.8. The first-order valence-electron chi connectivity index (χ1n) is 14.8. The molecule has 3 heterocycles. The number of hydrogen-bond donors (Lipinski definition) is 1. The Morgan fingerprint density at radius 3 is 2.38 bits per heavy atom. The highest BCUT2D eigenvalue weighted by Crippen LogP contribution is 2.64. The highest BCUT2D eigenvalue weighted by Gasteiger charge is 2.79. The highest BCUT2D eigenvalue weighted by atomic mass is 16.5. The number of aliphatic hydroxyl groups excluding tert-OH is 1. The number of benzene rings is 2. The van der Waals surface area contributed by atoms with Crippen molar-refractivity contribution < 1.29 is 24.2 Å². The van der Waals surface area contributed by atoms with Gasteiger partial charge >= 0.3 is 0 Å². The van der Waals surface area contributed by atoms with Gasteiger partial charge in [-0.05, 0) is 62.4 Å². The number of para-hydroxylation sites is 1. The third-order valence-corrected chi connectivity index (χ3v) is 9.40. The molecule has 0 aromatic heterocycles. The van der Waals surface area contributed by atoms with E-state index in [0.29, 0.717) is 24.9 Å². The normalized spacial score (nSPS) is 27.6. The molecule has 2 unspecified atom stereocenters. The molecule has 2 aromatic carbocycles. The van der Waals surface area contributed by atoms with Gasteiger partial charge in [0, 0.05) is 31.0 Å². The molecule has 3 aliphatic rings. The number of rotatable bonds is 11. The van der Waals surface area contributed by atoms with E-state index in [0.717, 1.165) is 16.8 Å². The van der Waals surface area contributed by atoms with Crippen LogP contribution in [0.2, 0.25) is 0 Å². The Labute approximate surface area is 248 Å². The molecule has 1 spiro atoms. The SMILES string of the molecule is C=CCN(C(=O)[C@H]1[C@H]2C(=O)N(CCO)C(C(=O)N(CC=C)c3cc(C)ccc3C)C23CC[C@]1(CC)O3)c1ccccc1. The molecule has 0 saturated carbocycles. The van der Waals surface area contributed by atoms with Crippen molar-refractivity contribution in [1.29, 1.82) is 0 Å². The van der Waals surface area contributed by atoms with Gasteiger partial charge in [0.15, 0.2) is 0 Å². The van der Waals surface area contributed by atoms with Gasteiger partial charge in [-0.3, -0.25) is 14.4 Å². The summed E-state index contributed by atoms with van der Waals surface area (Å²) in [5.41, 5.74) is 1.30. The van der Waals surface area contributed by atoms with Crippen molar-refractivity contribution in [3.05, 3.63) is 85.0 Å². The summed E-state index contributed by atoms with van der Waals surface area (Å²) < 4.78 is 6.93. The minimum Gasteiger partial charge on any atom is -0.395 e. The molecule has 2 bridgehead atoms. The molecule has 8 heteroatoms. The van der Waals surface area contributed by atoms with Crippen molar-refractivity contribution in [2.24, 2.45) is 11.8 Å². The van der Waals surface area contributed by atoms with E-state index in [9.17, 15) is 19.5 Å². The van der Waals surface area contributed by atoms with Crippen LogP contribution in [0, 0.1) is 25.7 Å². The number of anilines is 2. The van der Waals surface area contributed by atoms with Crippen LogP contribution >= 0.6 is 0 Å². The minimum atomic E-state index is -1.19. The van der Waals surface area contributed by atoms with Crippen LogP contribution in [0.5, 0.6) is 0 Å². The lowest BCUT2D eigenvalue weighted by atomic mass is 9.64. The van der Waals surface area contributed by atoms with Crippen LogP contribution in [0.3, 0.4) is 0 Å². The molecule has 8 nitrogen and oxygen atoms in total. The lowest BCUT2D eigenvalue weighted by Gasteiger charge is -2.37. The zero-order valence-electron chi connectivity index (χ0n) is 24.8. The highest BCUT2D eigenvalue weighted by molar-refractivity contribution is 6.07.